The molecule has 0 aromatic heterocycles. The Labute approximate surface area is 181 Å². The number of esters is 1. The first kappa shape index (κ1) is 22.1. The maximum atomic E-state index is 12.4. The van der Waals surface area contributed by atoms with Gasteiger partial charge < -0.3 is 24.4 Å². The van der Waals surface area contributed by atoms with Gasteiger partial charge >= 0.3 is 5.97 Å². The van der Waals surface area contributed by atoms with Crippen molar-refractivity contribution in [1.82, 2.24) is 0 Å². The van der Waals surface area contributed by atoms with Crippen molar-refractivity contribution in [3.8, 4) is 11.5 Å². The van der Waals surface area contributed by atoms with Crippen LogP contribution in [0.2, 0.25) is 0 Å². The third-order valence-corrected chi connectivity index (χ3v) is 4.70. The van der Waals surface area contributed by atoms with E-state index in [-0.39, 0.29) is 25.0 Å². The molecule has 2 aromatic rings. The number of hydrogen-bond donors (Lipinski definition) is 1. The van der Waals surface area contributed by atoms with Gasteiger partial charge in [-0.05, 0) is 62.4 Å². The number of rotatable bonds is 8. The zero-order valence-corrected chi connectivity index (χ0v) is 17.8. The van der Waals surface area contributed by atoms with Crippen molar-refractivity contribution >= 4 is 29.2 Å². The Bertz CT molecular complexity index is 924. The van der Waals surface area contributed by atoms with Crippen LogP contribution in [0.25, 0.3) is 0 Å². The number of amides is 2. The monoisotopic (exact) mass is 426 g/mol. The summed E-state index contributed by atoms with van der Waals surface area (Å²) in [6, 6.07) is 13.9. The maximum absolute atomic E-state index is 12.4. The fourth-order valence-electron chi connectivity index (χ4n) is 3.22. The molecule has 1 aliphatic heterocycles. The van der Waals surface area contributed by atoms with E-state index in [4.69, 9.17) is 14.2 Å². The van der Waals surface area contributed by atoms with Crippen molar-refractivity contribution < 1.29 is 28.6 Å². The van der Waals surface area contributed by atoms with Gasteiger partial charge in [0.1, 0.15) is 11.5 Å². The fourth-order valence-corrected chi connectivity index (χ4v) is 3.22. The Morgan fingerprint density at radius 1 is 1.06 bits per heavy atom. The molecule has 2 aromatic carbocycles. The van der Waals surface area contributed by atoms with Crippen molar-refractivity contribution in [2.45, 2.75) is 26.4 Å². The molecular weight excluding hydrogens is 400 g/mol. The molecule has 0 saturated carbocycles. The average Bonchev–Trinajstić information content (AvgIpc) is 3.14. The topological polar surface area (TPSA) is 94.2 Å². The van der Waals surface area contributed by atoms with Gasteiger partial charge in [-0.25, -0.2) is 0 Å². The van der Waals surface area contributed by atoms with Crippen LogP contribution in [0.5, 0.6) is 11.5 Å². The lowest BCUT2D eigenvalue weighted by Crippen LogP contribution is -2.28. The lowest BCUT2D eigenvalue weighted by Gasteiger charge is -2.17. The molecule has 1 aliphatic rings. The summed E-state index contributed by atoms with van der Waals surface area (Å²) >= 11 is 0. The van der Waals surface area contributed by atoms with E-state index in [1.165, 1.54) is 0 Å². The highest BCUT2D eigenvalue weighted by Crippen LogP contribution is 2.27. The first-order valence-electron chi connectivity index (χ1n) is 10.0. The number of carbonyl (C=O) groups excluding carboxylic acids is 3. The third-order valence-electron chi connectivity index (χ3n) is 4.70. The van der Waals surface area contributed by atoms with E-state index in [1.54, 1.807) is 60.5 Å². The Kier molecular flexibility index (Phi) is 7.12. The smallest absolute Gasteiger partial charge is 0.311 e. The molecule has 1 saturated heterocycles. The Morgan fingerprint density at radius 3 is 2.32 bits per heavy atom. The Hall–Kier alpha value is -3.55. The largest absolute Gasteiger partial charge is 0.497 e. The van der Waals surface area contributed by atoms with Crippen LogP contribution in [-0.4, -0.2) is 44.1 Å². The lowest BCUT2D eigenvalue weighted by molar-refractivity contribution is -0.151. The quantitative estimate of drug-likeness (QED) is 0.652. The van der Waals surface area contributed by atoms with Gasteiger partial charge in [0.05, 0.1) is 19.1 Å². The van der Waals surface area contributed by atoms with E-state index in [0.29, 0.717) is 22.9 Å². The van der Waals surface area contributed by atoms with Crippen LogP contribution in [0.4, 0.5) is 11.4 Å². The van der Waals surface area contributed by atoms with E-state index < -0.39 is 24.4 Å². The van der Waals surface area contributed by atoms with Crippen molar-refractivity contribution in [2.24, 2.45) is 5.92 Å². The molecule has 8 heteroatoms. The molecule has 0 bridgehead atoms. The summed E-state index contributed by atoms with van der Waals surface area (Å²) in [5.41, 5.74) is 1.25. The van der Waals surface area contributed by atoms with E-state index >= 15 is 0 Å². The van der Waals surface area contributed by atoms with Gasteiger partial charge in [0.25, 0.3) is 5.91 Å². The molecule has 0 unspecified atom stereocenters. The number of carbonyl (C=O) groups is 3. The summed E-state index contributed by atoms with van der Waals surface area (Å²) in [7, 11) is 1.55. The second kappa shape index (κ2) is 9.97. The highest BCUT2D eigenvalue weighted by molar-refractivity contribution is 6.00. The number of nitrogens with one attached hydrogen (secondary N) is 1. The van der Waals surface area contributed by atoms with E-state index in [2.05, 4.69) is 5.32 Å². The lowest BCUT2D eigenvalue weighted by atomic mass is 10.1. The van der Waals surface area contributed by atoms with Gasteiger partial charge in [0.2, 0.25) is 5.91 Å². The zero-order valence-electron chi connectivity index (χ0n) is 17.8. The highest BCUT2D eigenvalue weighted by atomic mass is 16.5. The molecule has 1 fully saturated rings. The first-order valence-corrected chi connectivity index (χ1v) is 10.0. The van der Waals surface area contributed by atoms with Gasteiger partial charge in [-0.3, -0.25) is 14.4 Å². The van der Waals surface area contributed by atoms with Crippen LogP contribution < -0.4 is 19.7 Å². The number of methoxy groups -OCH3 is 1. The summed E-state index contributed by atoms with van der Waals surface area (Å²) in [4.78, 5) is 38.3. The van der Waals surface area contributed by atoms with Gasteiger partial charge in [0.15, 0.2) is 6.61 Å². The van der Waals surface area contributed by atoms with E-state index in [0.717, 1.165) is 0 Å². The normalized spacial score (nSPS) is 15.7. The summed E-state index contributed by atoms with van der Waals surface area (Å²) in [6.45, 7) is 3.66. The Morgan fingerprint density at radius 2 is 1.71 bits per heavy atom. The van der Waals surface area contributed by atoms with Gasteiger partial charge in [-0.2, -0.15) is 0 Å². The number of benzene rings is 2. The average molecular weight is 426 g/mol. The molecule has 8 nitrogen and oxygen atoms in total. The number of hydrogen-bond acceptors (Lipinski definition) is 6. The molecule has 0 aliphatic carbocycles. The summed E-state index contributed by atoms with van der Waals surface area (Å²) in [5.74, 6) is -0.429. The van der Waals surface area contributed by atoms with Crippen molar-refractivity contribution in [3.05, 3.63) is 48.5 Å². The molecule has 1 N–H and O–H groups in total. The molecule has 0 spiro atoms. The number of ether oxygens (including phenoxy) is 3. The van der Waals surface area contributed by atoms with Crippen molar-refractivity contribution in [2.75, 3.05) is 30.5 Å². The van der Waals surface area contributed by atoms with Crippen LogP contribution in [0, 0.1) is 5.92 Å². The minimum atomic E-state index is -0.618. The molecule has 2 amide bonds. The number of anilines is 2. The molecular formula is C23H26N2O6. The van der Waals surface area contributed by atoms with Gasteiger partial charge in [0, 0.05) is 24.3 Å². The van der Waals surface area contributed by atoms with E-state index in [1.807, 2.05) is 13.8 Å². The zero-order chi connectivity index (χ0) is 22.4. The SMILES string of the molecule is COc1ccc(NC(=O)COC(=O)[C@H]2CC(=O)N(c3ccc(OC(C)C)cc3)C2)cc1. The molecule has 3 rings (SSSR count). The minimum Gasteiger partial charge on any atom is -0.497 e. The van der Waals surface area contributed by atoms with Crippen molar-refractivity contribution in [3.63, 3.8) is 0 Å². The second-order valence-corrected chi connectivity index (χ2v) is 7.45. The standard InChI is InChI=1S/C23H26N2O6/c1-15(2)31-20-10-6-18(7-11-20)25-13-16(12-22(25)27)23(28)30-14-21(26)24-17-4-8-19(29-3)9-5-17/h4-11,15-16H,12-14H2,1-3H3,(H,24,26)/t16-/m0/s1. The molecule has 31 heavy (non-hydrogen) atoms. The second-order valence-electron chi connectivity index (χ2n) is 7.45. The predicted molar refractivity (Wildman–Crippen MR) is 115 cm³/mol. The fraction of sp³-hybridized carbons (Fsp3) is 0.348. The molecule has 1 heterocycles. The summed E-state index contributed by atoms with van der Waals surface area (Å²) in [5, 5.41) is 2.64. The van der Waals surface area contributed by atoms with Gasteiger partial charge in [-0.15, -0.1) is 0 Å². The first-order chi connectivity index (χ1) is 14.9. The van der Waals surface area contributed by atoms with Crippen LogP contribution in [0.15, 0.2) is 48.5 Å². The molecule has 164 valence electrons. The molecule has 1 atom stereocenters. The Balaban J connectivity index is 1.49. The van der Waals surface area contributed by atoms with E-state index in [9.17, 15) is 14.4 Å². The maximum Gasteiger partial charge on any atom is 0.311 e. The summed E-state index contributed by atoms with van der Waals surface area (Å²) < 4.78 is 15.8. The third kappa shape index (κ3) is 5.97. The number of nitrogens with zero attached hydrogens (tertiary/aromatic N) is 1. The summed E-state index contributed by atoms with van der Waals surface area (Å²) in [6.07, 6.45) is 0.101. The van der Waals surface area contributed by atoms with Crippen LogP contribution in [0.1, 0.15) is 20.3 Å². The van der Waals surface area contributed by atoms with Crippen LogP contribution in [-0.2, 0) is 19.1 Å². The highest BCUT2D eigenvalue weighted by Gasteiger charge is 2.36. The van der Waals surface area contributed by atoms with Crippen LogP contribution in [0.3, 0.4) is 0 Å². The van der Waals surface area contributed by atoms with Gasteiger partial charge in [-0.1, -0.05) is 0 Å². The molecule has 0 radical (unpaired) electrons. The van der Waals surface area contributed by atoms with Crippen molar-refractivity contribution in [1.29, 1.82) is 0 Å². The predicted octanol–water partition coefficient (Wildman–Crippen LogP) is 3.02. The minimum absolute atomic E-state index is 0.0448. The van der Waals surface area contributed by atoms with Crippen LogP contribution >= 0.6 is 0 Å².